The number of amides is 1. The molecule has 2 fully saturated rings. The third-order valence-corrected chi connectivity index (χ3v) is 6.61. The number of nitrogens with zero attached hydrogens (tertiary/aromatic N) is 3. The van der Waals surface area contributed by atoms with Crippen molar-refractivity contribution >= 4 is 16.1 Å². The Labute approximate surface area is 164 Å². The summed E-state index contributed by atoms with van der Waals surface area (Å²) in [6, 6.07) is 3.04. The molecule has 0 radical (unpaired) electrons. The minimum absolute atomic E-state index is 0.0124. The van der Waals surface area contributed by atoms with Crippen LogP contribution in [0.5, 0.6) is 0 Å². The molecule has 2 atom stereocenters. The maximum Gasteiger partial charge on any atom is 0.410 e. The summed E-state index contributed by atoms with van der Waals surface area (Å²) in [5, 5.41) is -0.148. The van der Waals surface area contributed by atoms with Gasteiger partial charge >= 0.3 is 6.09 Å². The number of carbonyl (C=O) groups excluding carboxylic acids is 1. The Kier molecular flexibility index (Phi) is 5.41. The van der Waals surface area contributed by atoms with Crippen molar-refractivity contribution in [2.24, 2.45) is 0 Å². The fourth-order valence-electron chi connectivity index (χ4n) is 3.42. The van der Waals surface area contributed by atoms with Crippen LogP contribution in [-0.4, -0.2) is 72.4 Å². The highest BCUT2D eigenvalue weighted by atomic mass is 32.2. The highest BCUT2D eigenvalue weighted by Gasteiger charge is 2.57. The van der Waals surface area contributed by atoms with Crippen LogP contribution in [0.3, 0.4) is 0 Å². The number of aryl methyl sites for hydroxylation is 1. The van der Waals surface area contributed by atoms with E-state index in [0.29, 0.717) is 0 Å². The molecule has 1 aromatic heterocycles. The van der Waals surface area contributed by atoms with E-state index >= 15 is 4.39 Å². The molecule has 0 N–H and O–H groups in total. The van der Waals surface area contributed by atoms with Gasteiger partial charge in [-0.1, -0.05) is 6.07 Å². The van der Waals surface area contributed by atoms with E-state index in [-0.39, 0.29) is 37.7 Å². The van der Waals surface area contributed by atoms with Gasteiger partial charge in [0.25, 0.3) is 10.0 Å². The third-order valence-electron chi connectivity index (χ3n) is 4.77. The number of rotatable bonds is 2. The molecule has 1 aromatic rings. The van der Waals surface area contributed by atoms with Gasteiger partial charge in [-0.2, -0.15) is 4.31 Å². The van der Waals surface area contributed by atoms with Gasteiger partial charge in [0, 0.05) is 25.7 Å². The summed E-state index contributed by atoms with van der Waals surface area (Å²) in [5.41, 5.74) is -1.52. The molecule has 10 heteroatoms. The zero-order chi connectivity index (χ0) is 20.7. The predicted molar refractivity (Wildman–Crippen MR) is 98.9 cm³/mol. The summed E-state index contributed by atoms with van der Waals surface area (Å²) in [4.78, 5) is 17.5. The number of piperidine rings is 1. The molecule has 28 heavy (non-hydrogen) atoms. The zero-order valence-electron chi connectivity index (χ0n) is 16.5. The second kappa shape index (κ2) is 7.23. The molecule has 8 nitrogen and oxygen atoms in total. The fraction of sp³-hybridized carbons (Fsp3) is 0.667. The first-order valence-corrected chi connectivity index (χ1v) is 10.6. The average Bonchev–Trinajstić information content (AvgIpc) is 3.02. The minimum Gasteiger partial charge on any atom is -0.444 e. The van der Waals surface area contributed by atoms with E-state index in [4.69, 9.17) is 9.47 Å². The summed E-state index contributed by atoms with van der Waals surface area (Å²) >= 11 is 0. The molecule has 2 aliphatic rings. The van der Waals surface area contributed by atoms with E-state index in [1.807, 2.05) is 0 Å². The zero-order valence-corrected chi connectivity index (χ0v) is 17.3. The van der Waals surface area contributed by atoms with Gasteiger partial charge in [-0.05, 0) is 39.3 Å². The van der Waals surface area contributed by atoms with Crippen molar-refractivity contribution < 1.29 is 27.1 Å². The van der Waals surface area contributed by atoms with E-state index in [0.717, 1.165) is 9.87 Å². The lowest BCUT2D eigenvalue weighted by Crippen LogP contribution is -2.63. The van der Waals surface area contributed by atoms with Crippen LogP contribution in [-0.2, 0) is 19.5 Å². The van der Waals surface area contributed by atoms with E-state index in [9.17, 15) is 13.2 Å². The Morgan fingerprint density at radius 2 is 2.07 bits per heavy atom. The van der Waals surface area contributed by atoms with Crippen LogP contribution in [0.15, 0.2) is 23.4 Å². The Balaban J connectivity index is 1.82. The van der Waals surface area contributed by atoms with Crippen LogP contribution in [0.25, 0.3) is 0 Å². The number of hydrogen-bond donors (Lipinski definition) is 0. The van der Waals surface area contributed by atoms with Crippen molar-refractivity contribution in [3.05, 3.63) is 23.9 Å². The molecule has 2 saturated heterocycles. The maximum absolute atomic E-state index is 15.2. The highest BCUT2D eigenvalue weighted by Crippen LogP contribution is 2.39. The van der Waals surface area contributed by atoms with Gasteiger partial charge in [0.1, 0.15) is 5.60 Å². The van der Waals surface area contributed by atoms with Gasteiger partial charge in [0.15, 0.2) is 16.9 Å². The van der Waals surface area contributed by atoms with Crippen LogP contribution in [0.2, 0.25) is 0 Å². The van der Waals surface area contributed by atoms with E-state index in [2.05, 4.69) is 4.98 Å². The lowest BCUT2D eigenvalue weighted by molar-refractivity contribution is -0.139. The van der Waals surface area contributed by atoms with Crippen molar-refractivity contribution in [2.45, 2.75) is 56.6 Å². The summed E-state index contributed by atoms with van der Waals surface area (Å²) in [6.45, 7) is 6.92. The molecule has 2 aliphatic heterocycles. The number of halogens is 1. The molecule has 0 aliphatic carbocycles. The number of likely N-dealkylation sites (tertiary alicyclic amines) is 1. The molecule has 3 rings (SSSR count). The normalized spacial score (nSPS) is 26.6. The van der Waals surface area contributed by atoms with Crippen LogP contribution in [0, 0.1) is 6.92 Å². The largest absolute Gasteiger partial charge is 0.444 e. The summed E-state index contributed by atoms with van der Waals surface area (Å²) < 4.78 is 53.4. The molecule has 3 heterocycles. The standard InChI is InChI=1S/C18H26FN3O5S/c1-13-5-6-15(20-11-13)28(24,25)22-9-10-26-18(22)7-8-21(12-14(18)19)16(23)27-17(2,3)4/h5-6,11,14H,7-10,12H2,1-4H3. The van der Waals surface area contributed by atoms with Crippen molar-refractivity contribution in [1.82, 2.24) is 14.2 Å². The third kappa shape index (κ3) is 3.85. The number of alkyl halides is 1. The maximum atomic E-state index is 15.2. The molecule has 0 bridgehead atoms. The number of hydrogen-bond acceptors (Lipinski definition) is 6. The van der Waals surface area contributed by atoms with Gasteiger partial charge in [0.2, 0.25) is 0 Å². The summed E-state index contributed by atoms with van der Waals surface area (Å²) in [7, 11) is -4.04. The lowest BCUT2D eigenvalue weighted by Gasteiger charge is -2.44. The number of sulfonamides is 1. The molecule has 2 unspecified atom stereocenters. The van der Waals surface area contributed by atoms with Crippen LogP contribution < -0.4 is 0 Å². The van der Waals surface area contributed by atoms with Crippen molar-refractivity contribution in [1.29, 1.82) is 0 Å². The molecular formula is C18H26FN3O5S. The first-order chi connectivity index (χ1) is 13.0. The van der Waals surface area contributed by atoms with E-state index < -0.39 is 33.6 Å². The number of carbonyl (C=O) groups is 1. The van der Waals surface area contributed by atoms with Gasteiger partial charge < -0.3 is 14.4 Å². The first-order valence-electron chi connectivity index (χ1n) is 9.17. The van der Waals surface area contributed by atoms with Gasteiger partial charge in [-0.3, -0.25) is 0 Å². The van der Waals surface area contributed by atoms with Crippen LogP contribution >= 0.6 is 0 Å². The van der Waals surface area contributed by atoms with Crippen LogP contribution in [0.1, 0.15) is 32.8 Å². The predicted octanol–water partition coefficient (Wildman–Crippen LogP) is 2.09. The number of ether oxygens (including phenoxy) is 2. The molecular weight excluding hydrogens is 389 g/mol. The monoisotopic (exact) mass is 415 g/mol. The average molecular weight is 415 g/mol. The van der Waals surface area contributed by atoms with Gasteiger partial charge in [-0.25, -0.2) is 22.6 Å². The van der Waals surface area contributed by atoms with Gasteiger partial charge in [0.05, 0.1) is 13.2 Å². The van der Waals surface area contributed by atoms with Crippen molar-refractivity contribution in [3.8, 4) is 0 Å². The van der Waals surface area contributed by atoms with Crippen molar-refractivity contribution in [2.75, 3.05) is 26.2 Å². The Bertz CT molecular complexity index is 840. The highest BCUT2D eigenvalue weighted by molar-refractivity contribution is 7.89. The lowest BCUT2D eigenvalue weighted by atomic mass is 9.99. The molecule has 1 spiro atoms. The molecule has 0 saturated carbocycles. The van der Waals surface area contributed by atoms with E-state index in [1.54, 1.807) is 33.8 Å². The Hall–Kier alpha value is -1.78. The molecule has 0 aromatic carbocycles. The van der Waals surface area contributed by atoms with E-state index in [1.165, 1.54) is 17.2 Å². The second-order valence-corrected chi connectivity index (χ2v) is 9.90. The smallest absolute Gasteiger partial charge is 0.410 e. The fourth-order valence-corrected chi connectivity index (χ4v) is 5.06. The number of aromatic nitrogens is 1. The minimum atomic E-state index is -4.04. The van der Waals surface area contributed by atoms with Gasteiger partial charge in [-0.15, -0.1) is 0 Å². The van der Waals surface area contributed by atoms with Crippen molar-refractivity contribution in [3.63, 3.8) is 0 Å². The second-order valence-electron chi connectivity index (χ2n) is 8.09. The first kappa shape index (κ1) is 20.9. The molecule has 1 amide bonds. The summed E-state index contributed by atoms with van der Waals surface area (Å²) in [6.07, 6.45) is -0.873. The number of pyridine rings is 1. The Morgan fingerprint density at radius 1 is 1.36 bits per heavy atom. The Morgan fingerprint density at radius 3 is 2.64 bits per heavy atom. The SMILES string of the molecule is Cc1ccc(S(=O)(=O)N2CCOC23CCN(C(=O)OC(C)(C)C)CC3F)nc1. The molecule has 156 valence electrons. The quantitative estimate of drug-likeness (QED) is 0.735. The van der Waals surface area contributed by atoms with Crippen LogP contribution in [0.4, 0.5) is 9.18 Å². The summed E-state index contributed by atoms with van der Waals surface area (Å²) in [5.74, 6) is 0. The topological polar surface area (TPSA) is 89.0 Å².